The number of benzene rings is 2. The number of carbonyl (C=O) groups is 3. The van der Waals surface area contributed by atoms with E-state index >= 15 is 0 Å². The minimum Gasteiger partial charge on any atom is -0.485 e. The van der Waals surface area contributed by atoms with E-state index in [0.717, 1.165) is 4.31 Å². The van der Waals surface area contributed by atoms with Gasteiger partial charge in [-0.1, -0.05) is 23.7 Å². The number of nitrogens with one attached hydrogen (secondary N) is 1. The Morgan fingerprint density at radius 3 is 2.53 bits per heavy atom. The molecule has 0 saturated carbocycles. The Kier molecular flexibility index (Phi) is 7.05. The van der Waals surface area contributed by atoms with Gasteiger partial charge >= 0.3 is 5.97 Å². The zero-order chi connectivity index (χ0) is 24.3. The van der Waals surface area contributed by atoms with E-state index < -0.39 is 46.6 Å². The normalized spacial score (nSPS) is 19.9. The van der Waals surface area contributed by atoms with Crippen molar-refractivity contribution in [1.82, 2.24) is 9.62 Å². The number of imide groups is 1. The highest BCUT2D eigenvalue weighted by Gasteiger charge is 2.40. The van der Waals surface area contributed by atoms with Crippen molar-refractivity contribution in [3.05, 3.63) is 53.6 Å². The number of halogens is 1. The quantitative estimate of drug-likeness (QED) is 0.582. The second-order valence-corrected chi connectivity index (χ2v) is 9.94. The summed E-state index contributed by atoms with van der Waals surface area (Å²) in [6.45, 7) is -0.703. The lowest BCUT2D eigenvalue weighted by molar-refractivity contribution is -0.153. The molecule has 34 heavy (non-hydrogen) atoms. The third kappa shape index (κ3) is 5.16. The Bertz CT molecular complexity index is 1200. The fourth-order valence-electron chi connectivity index (χ4n) is 3.64. The van der Waals surface area contributed by atoms with Gasteiger partial charge in [-0.2, -0.15) is 4.31 Å². The summed E-state index contributed by atoms with van der Waals surface area (Å²) in [5.74, 6) is -1.63. The lowest BCUT2D eigenvalue weighted by Crippen LogP contribution is -2.47. The van der Waals surface area contributed by atoms with Crippen molar-refractivity contribution < 1.29 is 37.0 Å². The van der Waals surface area contributed by atoms with Crippen LogP contribution in [0.25, 0.3) is 0 Å². The van der Waals surface area contributed by atoms with Gasteiger partial charge in [-0.05, 0) is 49.2 Å². The van der Waals surface area contributed by atoms with E-state index in [1.165, 1.54) is 24.3 Å². The molecule has 0 radical (unpaired) electrons. The lowest BCUT2D eigenvalue weighted by Gasteiger charge is -2.25. The van der Waals surface area contributed by atoms with Crippen LogP contribution in [0.1, 0.15) is 12.8 Å². The number of esters is 1. The van der Waals surface area contributed by atoms with Crippen LogP contribution >= 0.6 is 11.6 Å². The molecule has 0 aliphatic carbocycles. The number of ether oxygens (including phenoxy) is 3. The number of fused-ring (bicyclic) bond motifs is 1. The molecule has 2 heterocycles. The van der Waals surface area contributed by atoms with Gasteiger partial charge < -0.3 is 14.2 Å². The number of hydrogen-bond acceptors (Lipinski definition) is 8. The number of para-hydroxylation sites is 2. The number of sulfonamides is 1. The van der Waals surface area contributed by atoms with Crippen LogP contribution in [0.2, 0.25) is 5.02 Å². The van der Waals surface area contributed by atoms with E-state index in [4.69, 9.17) is 25.8 Å². The maximum atomic E-state index is 12.9. The lowest BCUT2D eigenvalue weighted by atomic mass is 10.2. The van der Waals surface area contributed by atoms with E-state index in [1.54, 1.807) is 24.3 Å². The van der Waals surface area contributed by atoms with Gasteiger partial charge in [0, 0.05) is 11.6 Å². The molecule has 0 bridgehead atoms. The number of carbonyl (C=O) groups excluding carboxylic acids is 3. The van der Waals surface area contributed by atoms with Crippen LogP contribution in [-0.2, 0) is 29.1 Å². The molecule has 0 aromatic heterocycles. The average Bonchev–Trinajstić information content (AvgIpc) is 3.33. The van der Waals surface area contributed by atoms with E-state index in [1.807, 2.05) is 0 Å². The summed E-state index contributed by atoms with van der Waals surface area (Å²) in [6.07, 6.45) is -0.347. The smallest absolute Gasteiger partial charge is 0.324 e. The second kappa shape index (κ2) is 10.00. The first-order chi connectivity index (χ1) is 16.3. The first-order valence-corrected chi connectivity index (χ1v) is 12.2. The summed E-state index contributed by atoms with van der Waals surface area (Å²) in [4.78, 5) is 37.0. The predicted molar refractivity (Wildman–Crippen MR) is 119 cm³/mol. The fourth-order valence-corrected chi connectivity index (χ4v) is 5.41. The molecule has 12 heteroatoms. The summed E-state index contributed by atoms with van der Waals surface area (Å²) in [6, 6.07) is 11.3. The molecule has 1 N–H and O–H groups in total. The van der Waals surface area contributed by atoms with E-state index in [2.05, 4.69) is 5.32 Å². The number of nitrogens with zero attached hydrogens (tertiary/aromatic N) is 1. The van der Waals surface area contributed by atoms with Gasteiger partial charge in [-0.3, -0.25) is 19.7 Å². The van der Waals surface area contributed by atoms with E-state index in [-0.39, 0.29) is 24.5 Å². The Labute approximate surface area is 200 Å². The zero-order valence-electron chi connectivity index (χ0n) is 17.8. The van der Waals surface area contributed by atoms with Gasteiger partial charge in [0.25, 0.3) is 11.8 Å². The number of hydrogen-bond donors (Lipinski definition) is 1. The highest BCUT2D eigenvalue weighted by atomic mass is 35.5. The summed E-state index contributed by atoms with van der Waals surface area (Å²) < 4.78 is 42.9. The summed E-state index contributed by atoms with van der Waals surface area (Å²) >= 11 is 5.82. The van der Waals surface area contributed by atoms with Gasteiger partial charge in [0.05, 0.1) is 4.90 Å². The van der Waals surface area contributed by atoms with Crippen LogP contribution in [0.5, 0.6) is 11.5 Å². The zero-order valence-corrected chi connectivity index (χ0v) is 19.4. The van der Waals surface area contributed by atoms with Crippen molar-refractivity contribution in [3.63, 3.8) is 0 Å². The maximum Gasteiger partial charge on any atom is 0.324 e. The van der Waals surface area contributed by atoms with Gasteiger partial charge in [-0.25, -0.2) is 8.42 Å². The van der Waals surface area contributed by atoms with Crippen LogP contribution in [-0.4, -0.2) is 62.4 Å². The molecular formula is C22H21ClN2O8S. The van der Waals surface area contributed by atoms with Crippen molar-refractivity contribution in [2.45, 2.75) is 29.9 Å². The molecule has 2 aromatic rings. The number of amides is 2. The van der Waals surface area contributed by atoms with Crippen LogP contribution in [0.15, 0.2) is 53.4 Å². The van der Waals surface area contributed by atoms with Crippen molar-refractivity contribution in [3.8, 4) is 11.5 Å². The molecule has 2 aliphatic heterocycles. The van der Waals surface area contributed by atoms with Crippen molar-refractivity contribution in [2.24, 2.45) is 0 Å². The summed E-state index contributed by atoms with van der Waals surface area (Å²) in [5.41, 5.74) is 0. The molecule has 2 atom stereocenters. The molecule has 2 aliphatic rings. The molecule has 0 spiro atoms. The van der Waals surface area contributed by atoms with Gasteiger partial charge in [0.1, 0.15) is 12.6 Å². The Hall–Kier alpha value is -3.15. The maximum absolute atomic E-state index is 12.9. The fraction of sp³-hybridized carbons (Fsp3) is 0.318. The minimum absolute atomic E-state index is 0.00351. The molecule has 1 fully saturated rings. The molecule has 180 valence electrons. The Morgan fingerprint density at radius 1 is 1.09 bits per heavy atom. The molecule has 2 amide bonds. The standard InChI is InChI=1S/C22H21ClN2O8S/c23-14-7-9-15(10-8-14)34(29,30)25-11-3-4-16(25)22(28)32-13-20(26)24-21(27)19-12-31-17-5-1-2-6-18(17)33-19/h1-2,5-10,16,19H,3-4,11-13H2,(H,24,26,27)/t16-,19+/m0/s1. The largest absolute Gasteiger partial charge is 0.485 e. The molecular weight excluding hydrogens is 488 g/mol. The minimum atomic E-state index is -3.96. The van der Waals surface area contributed by atoms with E-state index in [0.29, 0.717) is 22.9 Å². The highest BCUT2D eigenvalue weighted by Crippen LogP contribution is 2.31. The Morgan fingerprint density at radius 2 is 1.79 bits per heavy atom. The van der Waals surface area contributed by atoms with Crippen molar-refractivity contribution in [1.29, 1.82) is 0 Å². The second-order valence-electron chi connectivity index (χ2n) is 7.61. The highest BCUT2D eigenvalue weighted by molar-refractivity contribution is 7.89. The third-order valence-corrected chi connectivity index (χ3v) is 7.48. The van der Waals surface area contributed by atoms with Gasteiger partial charge in [0.2, 0.25) is 16.1 Å². The van der Waals surface area contributed by atoms with Crippen molar-refractivity contribution in [2.75, 3.05) is 19.8 Å². The predicted octanol–water partition coefficient (Wildman–Crippen LogP) is 1.52. The first kappa shape index (κ1) is 24.0. The average molecular weight is 509 g/mol. The van der Waals surface area contributed by atoms with Crippen LogP contribution in [0.3, 0.4) is 0 Å². The number of rotatable bonds is 6. The van der Waals surface area contributed by atoms with Crippen LogP contribution in [0.4, 0.5) is 0 Å². The topological polar surface area (TPSA) is 128 Å². The molecule has 2 aromatic carbocycles. The molecule has 4 rings (SSSR count). The molecule has 1 saturated heterocycles. The Balaban J connectivity index is 1.31. The third-order valence-electron chi connectivity index (χ3n) is 5.31. The van der Waals surface area contributed by atoms with Crippen molar-refractivity contribution >= 4 is 39.4 Å². The first-order valence-electron chi connectivity index (χ1n) is 10.4. The summed E-state index contributed by atoms with van der Waals surface area (Å²) in [7, 11) is -3.96. The van der Waals surface area contributed by atoms with Crippen LogP contribution in [0, 0.1) is 0 Å². The summed E-state index contributed by atoms with van der Waals surface area (Å²) in [5, 5.41) is 2.48. The molecule has 10 nitrogen and oxygen atoms in total. The molecule has 0 unspecified atom stereocenters. The van der Waals surface area contributed by atoms with Gasteiger partial charge in [0.15, 0.2) is 18.1 Å². The monoisotopic (exact) mass is 508 g/mol. The van der Waals surface area contributed by atoms with E-state index in [9.17, 15) is 22.8 Å². The SMILES string of the molecule is O=C(COC(=O)[C@@H]1CCCN1S(=O)(=O)c1ccc(Cl)cc1)NC(=O)[C@H]1COc2ccccc2O1. The van der Waals surface area contributed by atoms with Gasteiger partial charge in [-0.15, -0.1) is 0 Å². The van der Waals surface area contributed by atoms with Crippen LogP contribution < -0.4 is 14.8 Å².